The lowest BCUT2D eigenvalue weighted by Gasteiger charge is -2.21. The second kappa shape index (κ2) is 5.11. The van der Waals surface area contributed by atoms with E-state index >= 15 is 0 Å². The molecule has 0 atom stereocenters. The van der Waals surface area contributed by atoms with Crippen LogP contribution in [0.5, 0.6) is 0 Å². The van der Waals surface area contributed by atoms with Crippen molar-refractivity contribution in [2.75, 3.05) is 24.1 Å². The Balaban J connectivity index is 2.79. The Kier molecular flexibility index (Phi) is 4.18. The molecule has 0 unspecified atom stereocenters. The van der Waals surface area contributed by atoms with E-state index in [1.165, 1.54) is 20.3 Å². The molecule has 2 N–H and O–H groups in total. The van der Waals surface area contributed by atoms with Gasteiger partial charge in [-0.25, -0.2) is 4.98 Å². The van der Waals surface area contributed by atoms with Crippen molar-refractivity contribution < 1.29 is 8.42 Å². The number of anilines is 2. The van der Waals surface area contributed by atoms with Crippen LogP contribution in [-0.2, 0) is 10.2 Å². The quantitative estimate of drug-likeness (QED) is 0.871. The van der Waals surface area contributed by atoms with Crippen molar-refractivity contribution in [2.24, 2.45) is 0 Å². The highest BCUT2D eigenvalue weighted by Gasteiger charge is 2.14. The Morgan fingerprint density at radius 1 is 1.22 bits per heavy atom. The van der Waals surface area contributed by atoms with Crippen molar-refractivity contribution >= 4 is 21.7 Å². The van der Waals surface area contributed by atoms with E-state index < -0.39 is 10.2 Å². The number of hydrogen-bond donors (Lipinski definition) is 2. The van der Waals surface area contributed by atoms with Gasteiger partial charge in [-0.3, -0.25) is 4.72 Å². The van der Waals surface area contributed by atoms with Gasteiger partial charge >= 0.3 is 10.2 Å². The van der Waals surface area contributed by atoms with Crippen molar-refractivity contribution in [1.82, 2.24) is 9.29 Å². The molecule has 1 aromatic heterocycles. The molecular formula is C11H20N4O2S. The van der Waals surface area contributed by atoms with Crippen LogP contribution in [-0.4, -0.2) is 37.3 Å². The molecule has 0 aliphatic rings. The lowest BCUT2D eigenvalue weighted by Crippen LogP contribution is -2.29. The van der Waals surface area contributed by atoms with Gasteiger partial charge in [0.1, 0.15) is 5.82 Å². The minimum atomic E-state index is -3.48. The molecule has 0 aromatic carbocycles. The highest BCUT2D eigenvalue weighted by molar-refractivity contribution is 7.90. The molecule has 0 radical (unpaired) electrons. The molecule has 0 spiro atoms. The Bertz CT molecular complexity index is 489. The fourth-order valence-electron chi connectivity index (χ4n) is 1.15. The lowest BCUT2D eigenvalue weighted by atomic mass is 10.1. The molecule has 1 rings (SSSR count). The number of rotatable bonds is 4. The summed E-state index contributed by atoms with van der Waals surface area (Å²) in [6.45, 7) is 6.08. The molecule has 0 fully saturated rings. The summed E-state index contributed by atoms with van der Waals surface area (Å²) in [5.74, 6) is 0.704. The van der Waals surface area contributed by atoms with E-state index in [4.69, 9.17) is 0 Å². The van der Waals surface area contributed by atoms with Gasteiger partial charge in [0.05, 0.1) is 11.9 Å². The maximum atomic E-state index is 11.6. The van der Waals surface area contributed by atoms with Crippen LogP contribution in [0.3, 0.4) is 0 Å². The SMILES string of the molecule is CN(C)S(=O)(=O)Nc1ccc(NC(C)(C)C)nc1. The summed E-state index contributed by atoms with van der Waals surface area (Å²) in [4.78, 5) is 4.15. The standard InChI is InChI=1S/C11H20N4O2S/c1-11(2,3)13-10-7-6-9(8-12-10)14-18(16,17)15(4)5/h6-8,14H,1-5H3,(H,12,13). The van der Waals surface area contributed by atoms with Gasteiger partial charge in [0, 0.05) is 19.6 Å². The van der Waals surface area contributed by atoms with Gasteiger partial charge in [0.25, 0.3) is 0 Å². The van der Waals surface area contributed by atoms with Crippen molar-refractivity contribution in [3.63, 3.8) is 0 Å². The van der Waals surface area contributed by atoms with Crippen molar-refractivity contribution in [3.05, 3.63) is 18.3 Å². The first kappa shape index (κ1) is 14.7. The zero-order chi connectivity index (χ0) is 14.0. The van der Waals surface area contributed by atoms with Gasteiger partial charge in [-0.05, 0) is 32.9 Å². The first-order valence-corrected chi connectivity index (χ1v) is 6.99. The van der Waals surface area contributed by atoms with E-state index in [9.17, 15) is 8.42 Å². The molecule has 102 valence electrons. The van der Waals surface area contributed by atoms with Crippen LogP contribution in [0.4, 0.5) is 11.5 Å². The van der Waals surface area contributed by atoms with Crippen LogP contribution in [0.1, 0.15) is 20.8 Å². The molecule has 1 heterocycles. The maximum Gasteiger partial charge on any atom is 0.301 e. The van der Waals surface area contributed by atoms with Crippen molar-refractivity contribution in [1.29, 1.82) is 0 Å². The summed E-state index contributed by atoms with van der Waals surface area (Å²) in [7, 11) is -0.549. The number of pyridine rings is 1. The van der Waals surface area contributed by atoms with Crippen LogP contribution < -0.4 is 10.0 Å². The summed E-state index contributed by atoms with van der Waals surface area (Å²) in [5, 5.41) is 3.20. The summed E-state index contributed by atoms with van der Waals surface area (Å²) in [5.41, 5.74) is 0.348. The van der Waals surface area contributed by atoms with Gasteiger partial charge in [0.15, 0.2) is 0 Å². The van der Waals surface area contributed by atoms with Crippen LogP contribution in [0.15, 0.2) is 18.3 Å². The largest absolute Gasteiger partial charge is 0.365 e. The van der Waals surface area contributed by atoms with Gasteiger partial charge in [-0.15, -0.1) is 0 Å². The van der Waals surface area contributed by atoms with E-state index in [2.05, 4.69) is 15.0 Å². The molecule has 0 saturated heterocycles. The molecule has 0 aliphatic carbocycles. The Hall–Kier alpha value is -1.34. The van der Waals surface area contributed by atoms with Gasteiger partial charge in [-0.2, -0.15) is 12.7 Å². The predicted molar refractivity (Wildman–Crippen MR) is 73.8 cm³/mol. The normalized spacial score (nSPS) is 12.6. The summed E-state index contributed by atoms with van der Waals surface area (Å²) >= 11 is 0. The number of aromatic nitrogens is 1. The van der Waals surface area contributed by atoms with E-state index in [1.807, 2.05) is 20.8 Å². The fourth-order valence-corrected chi connectivity index (χ4v) is 1.75. The van der Waals surface area contributed by atoms with Crippen LogP contribution in [0.25, 0.3) is 0 Å². The van der Waals surface area contributed by atoms with E-state index in [1.54, 1.807) is 12.1 Å². The van der Waals surface area contributed by atoms with Crippen molar-refractivity contribution in [2.45, 2.75) is 26.3 Å². The number of nitrogens with one attached hydrogen (secondary N) is 2. The minimum Gasteiger partial charge on any atom is -0.365 e. The Labute approximate surface area is 109 Å². The third-order valence-corrected chi connectivity index (χ3v) is 3.45. The Morgan fingerprint density at radius 3 is 2.22 bits per heavy atom. The number of nitrogens with zero attached hydrogens (tertiary/aromatic N) is 2. The van der Waals surface area contributed by atoms with Crippen LogP contribution in [0, 0.1) is 0 Å². The molecule has 18 heavy (non-hydrogen) atoms. The summed E-state index contributed by atoms with van der Waals surface area (Å²) in [6, 6.07) is 3.40. The molecule has 7 heteroatoms. The molecule has 0 amide bonds. The van der Waals surface area contributed by atoms with Crippen molar-refractivity contribution in [3.8, 4) is 0 Å². The summed E-state index contributed by atoms with van der Waals surface area (Å²) < 4.78 is 26.7. The third kappa shape index (κ3) is 4.50. The van der Waals surface area contributed by atoms with Crippen LogP contribution in [0.2, 0.25) is 0 Å². The third-order valence-electron chi connectivity index (χ3n) is 1.99. The minimum absolute atomic E-state index is 0.0857. The molecule has 0 aliphatic heterocycles. The van der Waals surface area contributed by atoms with Crippen LogP contribution >= 0.6 is 0 Å². The first-order valence-electron chi connectivity index (χ1n) is 5.55. The predicted octanol–water partition coefficient (Wildman–Crippen LogP) is 1.51. The topological polar surface area (TPSA) is 74.3 Å². The van der Waals surface area contributed by atoms with E-state index in [-0.39, 0.29) is 5.54 Å². The van der Waals surface area contributed by atoms with E-state index in [0.717, 1.165) is 4.31 Å². The van der Waals surface area contributed by atoms with Gasteiger partial charge in [0.2, 0.25) is 0 Å². The van der Waals surface area contributed by atoms with Gasteiger partial charge in [-0.1, -0.05) is 0 Å². The highest BCUT2D eigenvalue weighted by atomic mass is 32.2. The zero-order valence-electron chi connectivity index (χ0n) is 11.4. The first-order chi connectivity index (χ1) is 8.10. The van der Waals surface area contributed by atoms with Gasteiger partial charge < -0.3 is 5.32 Å². The van der Waals surface area contributed by atoms with E-state index in [0.29, 0.717) is 11.5 Å². The average molecular weight is 272 g/mol. The monoisotopic (exact) mass is 272 g/mol. The molecule has 6 nitrogen and oxygen atoms in total. The number of hydrogen-bond acceptors (Lipinski definition) is 4. The Morgan fingerprint density at radius 2 is 1.83 bits per heavy atom. The smallest absolute Gasteiger partial charge is 0.301 e. The highest BCUT2D eigenvalue weighted by Crippen LogP contribution is 2.15. The lowest BCUT2D eigenvalue weighted by molar-refractivity contribution is 0.527. The zero-order valence-corrected chi connectivity index (χ0v) is 12.2. The summed E-state index contributed by atoms with van der Waals surface area (Å²) in [6.07, 6.45) is 1.48. The molecule has 0 saturated carbocycles. The molecule has 0 bridgehead atoms. The second-order valence-corrected chi connectivity index (χ2v) is 7.08. The second-order valence-electron chi connectivity index (χ2n) is 5.20. The fraction of sp³-hybridized carbons (Fsp3) is 0.545. The molecular weight excluding hydrogens is 252 g/mol. The average Bonchev–Trinajstić information content (AvgIpc) is 2.18. The molecule has 1 aromatic rings. The maximum absolute atomic E-state index is 11.6.